The lowest BCUT2D eigenvalue weighted by molar-refractivity contribution is 0.186. The molecule has 1 atom stereocenters. The van der Waals surface area contributed by atoms with Gasteiger partial charge in [-0.25, -0.2) is 0 Å². The summed E-state index contributed by atoms with van der Waals surface area (Å²) in [4.78, 5) is 0. The normalized spacial score (nSPS) is 15.5. The van der Waals surface area contributed by atoms with Crippen molar-refractivity contribution >= 4 is 0 Å². The lowest BCUT2D eigenvalue weighted by atomic mass is 10.0. The number of hydrogen-bond donors (Lipinski definition) is 1. The number of rotatable bonds is 12. The molecule has 0 aromatic carbocycles. The molecular formula is C22H38O. The molecule has 0 aliphatic carbocycles. The first-order valence-corrected chi connectivity index (χ1v) is 9.21. The lowest BCUT2D eigenvalue weighted by Crippen LogP contribution is -1.97. The van der Waals surface area contributed by atoms with E-state index in [0.29, 0.717) is 0 Å². The highest BCUT2D eigenvalue weighted by Gasteiger charge is 1.95. The number of hydrogen-bond acceptors (Lipinski definition) is 1. The molecule has 1 heteroatoms. The van der Waals surface area contributed by atoms with Crippen molar-refractivity contribution in [1.82, 2.24) is 0 Å². The van der Waals surface area contributed by atoms with Gasteiger partial charge in [-0.1, -0.05) is 47.1 Å². The third kappa shape index (κ3) is 15.6. The van der Waals surface area contributed by atoms with Crippen LogP contribution in [0.2, 0.25) is 0 Å². The Labute approximate surface area is 144 Å². The zero-order chi connectivity index (χ0) is 17.5. The maximum atomic E-state index is 9.25. The zero-order valence-corrected chi connectivity index (χ0v) is 16.1. The third-order valence-corrected chi connectivity index (χ3v) is 4.08. The van der Waals surface area contributed by atoms with E-state index in [1.165, 1.54) is 29.6 Å². The zero-order valence-electron chi connectivity index (χ0n) is 16.1. The minimum absolute atomic E-state index is 0.185. The smallest absolute Gasteiger partial charge is 0.0515 e. The summed E-state index contributed by atoms with van der Waals surface area (Å²) in [6, 6.07) is 0. The largest absolute Gasteiger partial charge is 0.393 e. The van der Waals surface area contributed by atoms with E-state index in [2.05, 4.69) is 58.1 Å². The number of aliphatic hydroxyl groups excluding tert-OH is 1. The van der Waals surface area contributed by atoms with E-state index >= 15 is 0 Å². The summed E-state index contributed by atoms with van der Waals surface area (Å²) >= 11 is 0. The molecule has 0 radical (unpaired) electrons. The highest BCUT2D eigenvalue weighted by molar-refractivity contribution is 5.06. The Morgan fingerprint density at radius 2 is 1.22 bits per heavy atom. The van der Waals surface area contributed by atoms with Crippen LogP contribution < -0.4 is 0 Å². The minimum atomic E-state index is -0.185. The van der Waals surface area contributed by atoms with Gasteiger partial charge in [0, 0.05) is 0 Å². The summed E-state index contributed by atoms with van der Waals surface area (Å²) in [5.74, 6) is 0. The van der Waals surface area contributed by atoms with Crippen LogP contribution >= 0.6 is 0 Å². The van der Waals surface area contributed by atoms with Gasteiger partial charge in [-0.2, -0.15) is 0 Å². The van der Waals surface area contributed by atoms with Crippen molar-refractivity contribution in [3.63, 3.8) is 0 Å². The molecule has 0 aliphatic heterocycles. The van der Waals surface area contributed by atoms with E-state index in [-0.39, 0.29) is 6.10 Å². The van der Waals surface area contributed by atoms with Crippen LogP contribution in [0.3, 0.4) is 0 Å². The summed E-state index contributed by atoms with van der Waals surface area (Å²) in [5.41, 5.74) is 4.45. The Balaban J connectivity index is 3.92. The van der Waals surface area contributed by atoms with E-state index < -0.39 is 0 Å². The predicted octanol–water partition coefficient (Wildman–Crippen LogP) is 6.90. The average molecular weight is 319 g/mol. The van der Waals surface area contributed by atoms with Crippen molar-refractivity contribution in [2.75, 3.05) is 0 Å². The minimum Gasteiger partial charge on any atom is -0.393 e. The van der Waals surface area contributed by atoms with Crippen LogP contribution in [0, 0.1) is 0 Å². The fourth-order valence-electron chi connectivity index (χ4n) is 2.45. The highest BCUT2D eigenvalue weighted by Crippen LogP contribution is 2.13. The topological polar surface area (TPSA) is 20.2 Å². The Kier molecular flexibility index (Phi) is 13.8. The highest BCUT2D eigenvalue weighted by atomic mass is 16.3. The number of allylic oxidation sites excluding steroid dienone is 8. The molecule has 0 fully saturated rings. The summed E-state index contributed by atoms with van der Waals surface area (Å²) in [6.07, 6.45) is 20.0. The van der Waals surface area contributed by atoms with Crippen LogP contribution in [0.15, 0.2) is 47.1 Å². The van der Waals surface area contributed by atoms with Crippen LogP contribution in [-0.2, 0) is 0 Å². The van der Waals surface area contributed by atoms with Crippen molar-refractivity contribution in [3.8, 4) is 0 Å². The molecule has 0 bridgehead atoms. The first-order valence-electron chi connectivity index (χ1n) is 9.21. The van der Waals surface area contributed by atoms with E-state index in [1.54, 1.807) is 0 Å². The van der Waals surface area contributed by atoms with Crippen LogP contribution in [0.4, 0.5) is 0 Å². The van der Waals surface area contributed by atoms with Gasteiger partial charge in [-0.15, -0.1) is 0 Å². The SMILES string of the molecule is C/C=C/CC/C(C)=C/CC/C(C)=C/CC/C(C)=C/CCC(C)O. The quantitative estimate of drug-likeness (QED) is 0.388. The molecule has 0 saturated carbocycles. The first kappa shape index (κ1) is 21.9. The number of aliphatic hydroxyl groups is 1. The van der Waals surface area contributed by atoms with Gasteiger partial charge < -0.3 is 5.11 Å². The molecule has 0 aromatic heterocycles. The third-order valence-electron chi connectivity index (χ3n) is 4.08. The average Bonchev–Trinajstić information content (AvgIpc) is 2.47. The Morgan fingerprint density at radius 3 is 1.65 bits per heavy atom. The van der Waals surface area contributed by atoms with Crippen LogP contribution in [0.5, 0.6) is 0 Å². The fraction of sp³-hybridized carbons (Fsp3) is 0.636. The van der Waals surface area contributed by atoms with Gasteiger partial charge >= 0.3 is 0 Å². The molecule has 0 aliphatic rings. The maximum Gasteiger partial charge on any atom is 0.0515 e. The molecule has 0 aromatic rings. The van der Waals surface area contributed by atoms with E-state index in [9.17, 15) is 5.11 Å². The molecule has 132 valence electrons. The Bertz CT molecular complexity index is 408. The first-order chi connectivity index (χ1) is 11.0. The van der Waals surface area contributed by atoms with Gasteiger partial charge in [0.15, 0.2) is 0 Å². The van der Waals surface area contributed by atoms with Crippen LogP contribution in [0.25, 0.3) is 0 Å². The summed E-state index contributed by atoms with van der Waals surface area (Å²) in [7, 11) is 0. The van der Waals surface area contributed by atoms with Crippen molar-refractivity contribution in [2.45, 2.75) is 92.1 Å². The van der Waals surface area contributed by atoms with E-state index in [4.69, 9.17) is 0 Å². The molecule has 0 heterocycles. The lowest BCUT2D eigenvalue weighted by Gasteiger charge is -2.03. The fourth-order valence-corrected chi connectivity index (χ4v) is 2.45. The van der Waals surface area contributed by atoms with Crippen LogP contribution in [0.1, 0.15) is 86.0 Å². The van der Waals surface area contributed by atoms with Gasteiger partial charge in [-0.05, 0) is 86.0 Å². The molecule has 1 N–H and O–H groups in total. The summed E-state index contributed by atoms with van der Waals surface area (Å²) < 4.78 is 0. The van der Waals surface area contributed by atoms with E-state index in [1.807, 2.05) is 6.92 Å². The monoisotopic (exact) mass is 318 g/mol. The standard InChI is InChI=1S/C22H38O/c1-6-7-8-12-19(2)13-9-14-20(3)15-10-16-21(4)17-11-18-22(5)23/h6-7,13,15,17,22-23H,8-12,14,16,18H2,1-5H3/b7-6+,19-13+,20-15+,21-17+. The van der Waals surface area contributed by atoms with Gasteiger partial charge in [0.25, 0.3) is 0 Å². The second kappa shape index (κ2) is 14.5. The van der Waals surface area contributed by atoms with Crippen molar-refractivity contribution < 1.29 is 5.11 Å². The maximum absolute atomic E-state index is 9.25. The van der Waals surface area contributed by atoms with Crippen molar-refractivity contribution in [2.24, 2.45) is 0 Å². The summed E-state index contributed by atoms with van der Waals surface area (Å²) in [5, 5.41) is 9.25. The van der Waals surface area contributed by atoms with Crippen molar-refractivity contribution in [3.05, 3.63) is 47.1 Å². The molecular weight excluding hydrogens is 280 g/mol. The second-order valence-electron chi connectivity index (χ2n) is 6.76. The van der Waals surface area contributed by atoms with Crippen LogP contribution in [-0.4, -0.2) is 11.2 Å². The Hall–Kier alpha value is -1.08. The van der Waals surface area contributed by atoms with Gasteiger partial charge in [-0.3, -0.25) is 0 Å². The van der Waals surface area contributed by atoms with E-state index in [0.717, 1.165) is 38.5 Å². The molecule has 0 spiro atoms. The molecule has 0 rings (SSSR count). The molecule has 0 amide bonds. The summed E-state index contributed by atoms with van der Waals surface area (Å²) in [6.45, 7) is 10.6. The van der Waals surface area contributed by atoms with Crippen molar-refractivity contribution in [1.29, 1.82) is 0 Å². The van der Waals surface area contributed by atoms with Gasteiger partial charge in [0.1, 0.15) is 0 Å². The molecule has 1 unspecified atom stereocenters. The molecule has 1 nitrogen and oxygen atoms in total. The Morgan fingerprint density at radius 1 is 0.783 bits per heavy atom. The molecule has 23 heavy (non-hydrogen) atoms. The van der Waals surface area contributed by atoms with Gasteiger partial charge in [0.05, 0.1) is 6.10 Å². The second-order valence-corrected chi connectivity index (χ2v) is 6.76. The molecule has 0 saturated heterocycles. The predicted molar refractivity (Wildman–Crippen MR) is 105 cm³/mol. The van der Waals surface area contributed by atoms with Gasteiger partial charge in [0.2, 0.25) is 0 Å².